The van der Waals surface area contributed by atoms with E-state index < -0.39 is 0 Å². The van der Waals surface area contributed by atoms with Crippen LogP contribution < -0.4 is 5.32 Å². The van der Waals surface area contributed by atoms with Crippen LogP contribution in [0.4, 0.5) is 0 Å². The van der Waals surface area contributed by atoms with Gasteiger partial charge < -0.3 is 5.32 Å². The lowest BCUT2D eigenvalue weighted by molar-refractivity contribution is 0.114. The van der Waals surface area contributed by atoms with E-state index in [1.807, 2.05) is 0 Å². The third-order valence-corrected chi connectivity index (χ3v) is 5.10. The van der Waals surface area contributed by atoms with Crippen LogP contribution in [0.15, 0.2) is 0 Å². The molecule has 106 valence electrons. The number of piperazine rings is 1. The Bertz CT molecular complexity index is 241. The van der Waals surface area contributed by atoms with E-state index in [1.165, 1.54) is 50.4 Å². The number of nitrogens with zero attached hydrogens (tertiary/aromatic N) is 1. The van der Waals surface area contributed by atoms with E-state index in [2.05, 4.69) is 42.7 Å². The molecular weight excluding hydrogens is 240 g/mol. The van der Waals surface area contributed by atoms with Crippen LogP contribution in [-0.2, 0) is 0 Å². The second-order valence-corrected chi connectivity index (χ2v) is 7.72. The van der Waals surface area contributed by atoms with Crippen molar-refractivity contribution in [2.45, 2.75) is 52.1 Å². The Morgan fingerprint density at radius 1 is 1.33 bits per heavy atom. The molecule has 1 aliphatic carbocycles. The zero-order valence-corrected chi connectivity index (χ0v) is 13.1. The highest BCUT2D eigenvalue weighted by Gasteiger charge is 2.36. The molecule has 2 unspecified atom stereocenters. The minimum atomic E-state index is 0.775. The molecule has 0 aromatic carbocycles. The molecule has 2 rings (SSSR count). The van der Waals surface area contributed by atoms with Gasteiger partial charge in [0, 0.05) is 37.5 Å². The Balaban J connectivity index is 1.83. The van der Waals surface area contributed by atoms with Crippen LogP contribution in [0.25, 0.3) is 0 Å². The SMILES string of the molecule is CCSCCN1CC(C2CC2)NCC1CC(C)C. The van der Waals surface area contributed by atoms with Gasteiger partial charge in [0.25, 0.3) is 0 Å². The fraction of sp³-hybridized carbons (Fsp3) is 1.00. The van der Waals surface area contributed by atoms with Crippen LogP contribution in [0.3, 0.4) is 0 Å². The van der Waals surface area contributed by atoms with Crippen LogP contribution in [0.5, 0.6) is 0 Å². The summed E-state index contributed by atoms with van der Waals surface area (Å²) in [5.41, 5.74) is 0. The average Bonchev–Trinajstić information content (AvgIpc) is 3.15. The average molecular weight is 270 g/mol. The number of nitrogens with one attached hydrogen (secondary N) is 1. The maximum atomic E-state index is 3.81. The van der Waals surface area contributed by atoms with Crippen molar-refractivity contribution in [3.63, 3.8) is 0 Å². The summed E-state index contributed by atoms with van der Waals surface area (Å²) in [5, 5.41) is 3.81. The molecule has 18 heavy (non-hydrogen) atoms. The molecule has 3 heteroatoms. The first-order valence-electron chi connectivity index (χ1n) is 7.75. The molecular formula is C15H30N2S. The van der Waals surface area contributed by atoms with E-state index in [1.54, 1.807) is 0 Å². The highest BCUT2D eigenvalue weighted by Crippen LogP contribution is 2.34. The van der Waals surface area contributed by atoms with E-state index in [-0.39, 0.29) is 0 Å². The summed E-state index contributed by atoms with van der Waals surface area (Å²) in [6.45, 7) is 10.8. The van der Waals surface area contributed by atoms with Crippen LogP contribution in [-0.4, -0.2) is 48.1 Å². The zero-order chi connectivity index (χ0) is 13.0. The molecule has 0 bridgehead atoms. The second kappa shape index (κ2) is 7.16. The van der Waals surface area contributed by atoms with E-state index >= 15 is 0 Å². The molecule has 0 aromatic heterocycles. The van der Waals surface area contributed by atoms with Crippen molar-refractivity contribution >= 4 is 11.8 Å². The number of hydrogen-bond donors (Lipinski definition) is 1. The highest BCUT2D eigenvalue weighted by atomic mass is 32.2. The normalized spacial score (nSPS) is 30.0. The number of thioether (sulfide) groups is 1. The maximum absolute atomic E-state index is 3.81. The van der Waals surface area contributed by atoms with Gasteiger partial charge in [-0.25, -0.2) is 0 Å². The Hall–Kier alpha value is 0.270. The Kier molecular flexibility index (Phi) is 5.84. The van der Waals surface area contributed by atoms with Crippen molar-refractivity contribution in [2.75, 3.05) is 31.1 Å². The summed E-state index contributed by atoms with van der Waals surface area (Å²) in [7, 11) is 0. The molecule has 0 aromatic rings. The molecule has 0 radical (unpaired) electrons. The summed E-state index contributed by atoms with van der Waals surface area (Å²) in [6, 6.07) is 1.57. The number of rotatable bonds is 7. The summed E-state index contributed by atoms with van der Waals surface area (Å²) >= 11 is 2.09. The molecule has 2 atom stereocenters. The Morgan fingerprint density at radius 2 is 2.11 bits per heavy atom. The third-order valence-electron chi connectivity index (χ3n) is 4.22. The van der Waals surface area contributed by atoms with Gasteiger partial charge in [0.2, 0.25) is 0 Å². The maximum Gasteiger partial charge on any atom is 0.0224 e. The van der Waals surface area contributed by atoms with E-state index in [9.17, 15) is 0 Å². The molecule has 0 amide bonds. The quantitative estimate of drug-likeness (QED) is 0.716. The van der Waals surface area contributed by atoms with Crippen molar-refractivity contribution in [3.8, 4) is 0 Å². The first kappa shape index (κ1) is 14.7. The predicted octanol–water partition coefficient (Wildman–Crippen LogP) is 2.84. The van der Waals surface area contributed by atoms with Gasteiger partial charge in [-0.1, -0.05) is 20.8 Å². The van der Waals surface area contributed by atoms with Gasteiger partial charge in [0.15, 0.2) is 0 Å². The zero-order valence-electron chi connectivity index (χ0n) is 12.3. The van der Waals surface area contributed by atoms with Crippen LogP contribution >= 0.6 is 11.8 Å². The van der Waals surface area contributed by atoms with Gasteiger partial charge in [0.1, 0.15) is 0 Å². The molecule has 1 N–H and O–H groups in total. The third kappa shape index (κ3) is 4.43. The smallest absolute Gasteiger partial charge is 0.0224 e. The van der Waals surface area contributed by atoms with Crippen LogP contribution in [0.2, 0.25) is 0 Å². The van der Waals surface area contributed by atoms with E-state index in [0.29, 0.717) is 0 Å². The second-order valence-electron chi connectivity index (χ2n) is 6.33. The van der Waals surface area contributed by atoms with Gasteiger partial charge in [-0.2, -0.15) is 11.8 Å². The predicted molar refractivity (Wildman–Crippen MR) is 82.3 cm³/mol. The minimum Gasteiger partial charge on any atom is -0.311 e. The lowest BCUT2D eigenvalue weighted by atomic mass is 9.98. The lowest BCUT2D eigenvalue weighted by Crippen LogP contribution is -2.57. The van der Waals surface area contributed by atoms with Crippen molar-refractivity contribution in [2.24, 2.45) is 11.8 Å². The fourth-order valence-corrected chi connectivity index (χ4v) is 3.73. The summed E-state index contributed by atoms with van der Waals surface area (Å²) in [5.74, 6) is 4.37. The summed E-state index contributed by atoms with van der Waals surface area (Å²) in [6.07, 6.45) is 4.27. The van der Waals surface area contributed by atoms with Crippen LogP contribution in [0, 0.1) is 11.8 Å². The first-order valence-corrected chi connectivity index (χ1v) is 8.91. The topological polar surface area (TPSA) is 15.3 Å². The number of hydrogen-bond acceptors (Lipinski definition) is 3. The largest absolute Gasteiger partial charge is 0.311 e. The fourth-order valence-electron chi connectivity index (χ4n) is 3.07. The van der Waals surface area contributed by atoms with Crippen molar-refractivity contribution in [1.29, 1.82) is 0 Å². The van der Waals surface area contributed by atoms with Gasteiger partial charge in [-0.3, -0.25) is 4.90 Å². The molecule has 1 heterocycles. The summed E-state index contributed by atoms with van der Waals surface area (Å²) in [4.78, 5) is 2.78. The minimum absolute atomic E-state index is 0.775. The van der Waals surface area contributed by atoms with Crippen molar-refractivity contribution in [3.05, 3.63) is 0 Å². The van der Waals surface area contributed by atoms with Crippen LogP contribution in [0.1, 0.15) is 40.0 Å². The van der Waals surface area contributed by atoms with Gasteiger partial charge in [-0.15, -0.1) is 0 Å². The van der Waals surface area contributed by atoms with Gasteiger partial charge >= 0.3 is 0 Å². The monoisotopic (exact) mass is 270 g/mol. The van der Waals surface area contributed by atoms with Crippen molar-refractivity contribution in [1.82, 2.24) is 10.2 Å². The molecule has 2 aliphatic rings. The Morgan fingerprint density at radius 3 is 2.72 bits per heavy atom. The van der Waals surface area contributed by atoms with E-state index in [4.69, 9.17) is 0 Å². The highest BCUT2D eigenvalue weighted by molar-refractivity contribution is 7.99. The Labute approximate surface area is 117 Å². The first-order chi connectivity index (χ1) is 8.70. The molecule has 0 spiro atoms. The lowest BCUT2D eigenvalue weighted by Gasteiger charge is -2.41. The molecule has 2 fully saturated rings. The van der Waals surface area contributed by atoms with Gasteiger partial charge in [0.05, 0.1) is 0 Å². The standard InChI is InChI=1S/C15H30N2S/c1-4-18-8-7-17-11-15(13-5-6-13)16-10-14(17)9-12(2)3/h12-16H,4-11H2,1-3H3. The van der Waals surface area contributed by atoms with Gasteiger partial charge in [-0.05, 0) is 36.9 Å². The molecule has 1 aliphatic heterocycles. The van der Waals surface area contributed by atoms with Crippen molar-refractivity contribution < 1.29 is 0 Å². The van der Waals surface area contributed by atoms with E-state index in [0.717, 1.165) is 23.9 Å². The summed E-state index contributed by atoms with van der Waals surface area (Å²) < 4.78 is 0. The molecule has 1 saturated carbocycles. The molecule has 2 nitrogen and oxygen atoms in total. The molecule has 1 saturated heterocycles.